The fourth-order valence-corrected chi connectivity index (χ4v) is 4.76. The number of sulfone groups is 1. The van der Waals surface area contributed by atoms with Crippen LogP contribution in [0.15, 0.2) is 41.6 Å². The molecule has 9 heteroatoms. The highest BCUT2D eigenvalue weighted by Gasteiger charge is 2.31. The van der Waals surface area contributed by atoms with Crippen molar-refractivity contribution in [1.82, 2.24) is 4.98 Å². The molecule has 0 saturated carbocycles. The summed E-state index contributed by atoms with van der Waals surface area (Å²) in [6.45, 7) is 1.65. The third-order valence-electron chi connectivity index (χ3n) is 4.03. The number of fused-ring (bicyclic) bond motifs is 1. The molecule has 0 aliphatic carbocycles. The van der Waals surface area contributed by atoms with Gasteiger partial charge in [-0.2, -0.15) is 0 Å². The quantitative estimate of drug-likeness (QED) is 0.801. The zero-order valence-corrected chi connectivity index (χ0v) is 15.9. The summed E-state index contributed by atoms with van der Waals surface area (Å²) in [6.07, 6.45) is 3.54. The SMILES string of the molecule is Cc1c(C(=O)Nc2ccncc2)ccc2c1S(=O)(=O)CC[C@@H]2N.Cl.Cl. The first-order valence-corrected chi connectivity index (χ1v) is 8.88. The Morgan fingerprint density at radius 3 is 2.48 bits per heavy atom. The van der Waals surface area contributed by atoms with Gasteiger partial charge in [0.25, 0.3) is 5.91 Å². The number of nitrogens with zero attached hydrogens (tertiary/aromatic N) is 1. The molecule has 0 bridgehead atoms. The summed E-state index contributed by atoms with van der Waals surface area (Å²) in [6, 6.07) is 6.29. The lowest BCUT2D eigenvalue weighted by molar-refractivity contribution is 0.102. The molecule has 136 valence electrons. The van der Waals surface area contributed by atoms with Gasteiger partial charge >= 0.3 is 0 Å². The highest BCUT2D eigenvalue weighted by molar-refractivity contribution is 7.91. The number of nitrogens with one attached hydrogen (secondary N) is 1. The molecule has 1 aliphatic rings. The van der Waals surface area contributed by atoms with Gasteiger partial charge in [0.1, 0.15) is 0 Å². The summed E-state index contributed by atoms with van der Waals surface area (Å²) in [5.41, 5.74) is 7.98. The molecule has 2 heterocycles. The lowest BCUT2D eigenvalue weighted by Crippen LogP contribution is -2.27. The molecule has 0 spiro atoms. The molecule has 0 radical (unpaired) electrons. The summed E-state index contributed by atoms with van der Waals surface area (Å²) >= 11 is 0. The number of nitrogens with two attached hydrogens (primary N) is 1. The van der Waals surface area contributed by atoms with Crippen LogP contribution in [0, 0.1) is 6.92 Å². The van der Waals surface area contributed by atoms with Crippen molar-refractivity contribution in [3.05, 3.63) is 53.3 Å². The number of pyridine rings is 1. The van der Waals surface area contributed by atoms with Crippen LogP contribution in [0.2, 0.25) is 0 Å². The second-order valence-corrected chi connectivity index (χ2v) is 7.61. The molecule has 1 aromatic carbocycles. The minimum Gasteiger partial charge on any atom is -0.324 e. The average molecular weight is 404 g/mol. The maximum absolute atomic E-state index is 12.5. The fourth-order valence-electron chi connectivity index (χ4n) is 2.84. The van der Waals surface area contributed by atoms with E-state index in [1.54, 1.807) is 43.6 Å². The van der Waals surface area contributed by atoms with Gasteiger partial charge in [-0.05, 0) is 42.7 Å². The van der Waals surface area contributed by atoms with Gasteiger partial charge in [-0.1, -0.05) is 6.07 Å². The Hall–Kier alpha value is -1.67. The van der Waals surface area contributed by atoms with Gasteiger partial charge in [0, 0.05) is 29.7 Å². The lowest BCUT2D eigenvalue weighted by Gasteiger charge is -2.25. The second kappa shape index (κ2) is 8.14. The molecule has 0 unspecified atom stereocenters. The summed E-state index contributed by atoms with van der Waals surface area (Å²) in [4.78, 5) is 16.5. The largest absolute Gasteiger partial charge is 0.324 e. The monoisotopic (exact) mass is 403 g/mol. The van der Waals surface area contributed by atoms with Crippen molar-refractivity contribution >= 4 is 46.2 Å². The van der Waals surface area contributed by atoms with Gasteiger partial charge in [-0.15, -0.1) is 24.8 Å². The van der Waals surface area contributed by atoms with E-state index in [2.05, 4.69) is 10.3 Å². The van der Waals surface area contributed by atoms with E-state index in [-0.39, 0.29) is 47.4 Å². The molecule has 1 aliphatic heterocycles. The van der Waals surface area contributed by atoms with Crippen molar-refractivity contribution in [3.63, 3.8) is 0 Å². The van der Waals surface area contributed by atoms with Crippen molar-refractivity contribution < 1.29 is 13.2 Å². The molecule has 3 N–H and O–H groups in total. The van der Waals surface area contributed by atoms with Gasteiger partial charge in [-0.3, -0.25) is 9.78 Å². The number of hydrogen-bond donors (Lipinski definition) is 2. The van der Waals surface area contributed by atoms with E-state index >= 15 is 0 Å². The molecule has 6 nitrogen and oxygen atoms in total. The van der Waals surface area contributed by atoms with E-state index in [0.29, 0.717) is 28.8 Å². The van der Waals surface area contributed by atoms with Crippen LogP contribution in [0.4, 0.5) is 5.69 Å². The molecule has 0 fully saturated rings. The third kappa shape index (κ3) is 4.12. The van der Waals surface area contributed by atoms with Crippen LogP contribution < -0.4 is 11.1 Å². The number of carbonyl (C=O) groups excluding carboxylic acids is 1. The summed E-state index contributed by atoms with van der Waals surface area (Å²) in [7, 11) is -3.40. The smallest absolute Gasteiger partial charge is 0.255 e. The first-order chi connectivity index (χ1) is 10.9. The fraction of sp³-hybridized carbons (Fsp3) is 0.250. The molecule has 0 saturated heterocycles. The summed E-state index contributed by atoms with van der Waals surface area (Å²) in [5, 5.41) is 2.74. The number of rotatable bonds is 2. The van der Waals surface area contributed by atoms with Crippen LogP contribution in [0.5, 0.6) is 0 Å². The van der Waals surface area contributed by atoms with Crippen LogP contribution in [-0.2, 0) is 9.84 Å². The highest BCUT2D eigenvalue weighted by Crippen LogP contribution is 2.34. The molecule has 1 aromatic heterocycles. The molecule has 25 heavy (non-hydrogen) atoms. The van der Waals surface area contributed by atoms with Crippen LogP contribution in [0.3, 0.4) is 0 Å². The maximum atomic E-state index is 12.5. The molecule has 3 rings (SSSR count). The van der Waals surface area contributed by atoms with Gasteiger partial charge in [0.2, 0.25) is 0 Å². The van der Waals surface area contributed by atoms with E-state index < -0.39 is 9.84 Å². The first kappa shape index (κ1) is 21.4. The average Bonchev–Trinajstić information content (AvgIpc) is 2.52. The summed E-state index contributed by atoms with van der Waals surface area (Å²) in [5.74, 6) is -0.344. The Morgan fingerprint density at radius 2 is 1.84 bits per heavy atom. The predicted octanol–water partition coefficient (Wildman–Crippen LogP) is 2.66. The Balaban J connectivity index is 0.00000156. The number of hydrogen-bond acceptors (Lipinski definition) is 5. The van der Waals surface area contributed by atoms with Crippen molar-refractivity contribution in [2.75, 3.05) is 11.1 Å². The van der Waals surface area contributed by atoms with E-state index in [1.165, 1.54) is 0 Å². The molecule has 1 amide bonds. The molecule has 2 aromatic rings. The Bertz CT molecular complexity index is 874. The normalized spacial score (nSPS) is 17.4. The number of anilines is 1. The van der Waals surface area contributed by atoms with E-state index in [4.69, 9.17) is 5.73 Å². The van der Waals surface area contributed by atoms with Crippen LogP contribution >= 0.6 is 24.8 Å². The molecular weight excluding hydrogens is 385 g/mol. The number of benzene rings is 1. The highest BCUT2D eigenvalue weighted by atomic mass is 35.5. The van der Waals surface area contributed by atoms with Crippen LogP contribution in [0.25, 0.3) is 0 Å². The zero-order valence-electron chi connectivity index (χ0n) is 13.4. The molecular formula is C16H19Cl2N3O3S. The molecule has 1 atom stereocenters. The topological polar surface area (TPSA) is 102 Å². The number of amides is 1. The van der Waals surface area contributed by atoms with Gasteiger partial charge < -0.3 is 11.1 Å². The van der Waals surface area contributed by atoms with Crippen molar-refractivity contribution in [1.29, 1.82) is 0 Å². The minimum atomic E-state index is -3.40. The predicted molar refractivity (Wildman–Crippen MR) is 101 cm³/mol. The van der Waals surface area contributed by atoms with Gasteiger partial charge in [0.05, 0.1) is 10.6 Å². The minimum absolute atomic E-state index is 0. The maximum Gasteiger partial charge on any atom is 0.255 e. The van der Waals surface area contributed by atoms with Crippen molar-refractivity contribution in [2.45, 2.75) is 24.3 Å². The van der Waals surface area contributed by atoms with Gasteiger partial charge in [0.15, 0.2) is 9.84 Å². The third-order valence-corrected chi connectivity index (χ3v) is 5.96. The Kier molecular flexibility index (Phi) is 6.96. The van der Waals surface area contributed by atoms with Crippen LogP contribution in [-0.4, -0.2) is 25.1 Å². The Labute approximate surface area is 159 Å². The number of aromatic nitrogens is 1. The lowest BCUT2D eigenvalue weighted by atomic mass is 9.98. The van der Waals surface area contributed by atoms with Crippen LogP contribution in [0.1, 0.15) is 33.9 Å². The number of carbonyl (C=O) groups is 1. The zero-order chi connectivity index (χ0) is 16.6. The van der Waals surface area contributed by atoms with Gasteiger partial charge in [-0.25, -0.2) is 8.42 Å². The van der Waals surface area contributed by atoms with E-state index in [1.807, 2.05) is 0 Å². The second-order valence-electron chi connectivity index (χ2n) is 5.56. The van der Waals surface area contributed by atoms with Crippen molar-refractivity contribution in [3.8, 4) is 0 Å². The number of halogens is 2. The first-order valence-electron chi connectivity index (χ1n) is 7.23. The van der Waals surface area contributed by atoms with E-state index in [9.17, 15) is 13.2 Å². The van der Waals surface area contributed by atoms with E-state index in [0.717, 1.165) is 0 Å². The Morgan fingerprint density at radius 1 is 1.20 bits per heavy atom. The summed E-state index contributed by atoms with van der Waals surface area (Å²) < 4.78 is 24.8. The van der Waals surface area contributed by atoms with Crippen molar-refractivity contribution in [2.24, 2.45) is 5.73 Å². The standard InChI is InChI=1S/C16H17N3O3S.2ClH/c1-10-12(16(20)19-11-4-7-18-8-5-11)2-3-13-14(17)6-9-23(21,22)15(10)13;;/h2-5,7-8,14H,6,9,17H2,1H3,(H,18,19,20);2*1H/t14-;;/m0../s1.